The van der Waals surface area contributed by atoms with Crippen molar-refractivity contribution in [2.75, 3.05) is 20.6 Å². The van der Waals surface area contributed by atoms with Gasteiger partial charge in [0.2, 0.25) is 0 Å². The van der Waals surface area contributed by atoms with Gasteiger partial charge in [0.1, 0.15) is 4.95 Å². The van der Waals surface area contributed by atoms with Gasteiger partial charge in [0.15, 0.2) is 0 Å². The fourth-order valence-electron chi connectivity index (χ4n) is 1.83. The summed E-state index contributed by atoms with van der Waals surface area (Å²) < 4.78 is 1.09. The van der Waals surface area contributed by atoms with Crippen molar-refractivity contribution in [2.45, 2.75) is 70.2 Å². The molecular formula is C14H31BrN+. The van der Waals surface area contributed by atoms with E-state index in [1.165, 1.54) is 57.9 Å². The van der Waals surface area contributed by atoms with E-state index in [0.717, 1.165) is 4.48 Å². The second-order valence-corrected chi connectivity index (χ2v) is 6.88. The fraction of sp³-hybridized carbons (Fsp3) is 1.00. The van der Waals surface area contributed by atoms with Gasteiger partial charge >= 0.3 is 0 Å². The Hall–Kier alpha value is 0.440. The van der Waals surface area contributed by atoms with E-state index in [1.807, 2.05) is 0 Å². The van der Waals surface area contributed by atoms with Crippen LogP contribution in [0.4, 0.5) is 0 Å². The van der Waals surface area contributed by atoms with Gasteiger partial charge in [0, 0.05) is 0 Å². The number of quaternary nitrogens is 1. The van der Waals surface area contributed by atoms with E-state index < -0.39 is 0 Å². The zero-order valence-corrected chi connectivity index (χ0v) is 13.4. The van der Waals surface area contributed by atoms with Crippen LogP contribution in [0, 0.1) is 0 Å². The predicted molar refractivity (Wildman–Crippen MR) is 78.0 cm³/mol. The smallest absolute Gasteiger partial charge is 0.141 e. The van der Waals surface area contributed by atoms with Gasteiger partial charge in [-0.1, -0.05) is 45.4 Å². The van der Waals surface area contributed by atoms with Gasteiger partial charge in [-0.15, -0.1) is 0 Å². The summed E-state index contributed by atoms with van der Waals surface area (Å²) in [6, 6.07) is 0. The highest BCUT2D eigenvalue weighted by Gasteiger charge is 2.19. The minimum Gasteiger partial charge on any atom is -0.317 e. The van der Waals surface area contributed by atoms with Gasteiger partial charge in [-0.3, -0.25) is 0 Å². The Morgan fingerprint density at radius 2 is 1.31 bits per heavy atom. The molecule has 16 heavy (non-hydrogen) atoms. The maximum absolute atomic E-state index is 3.68. The summed E-state index contributed by atoms with van der Waals surface area (Å²) in [5.74, 6) is 0. The Balaban J connectivity index is 3.27. The number of rotatable bonds is 10. The lowest BCUT2D eigenvalue weighted by Crippen LogP contribution is -2.44. The van der Waals surface area contributed by atoms with Crippen molar-refractivity contribution in [3.05, 3.63) is 0 Å². The van der Waals surface area contributed by atoms with E-state index >= 15 is 0 Å². The molecule has 0 aliphatic carbocycles. The number of alkyl halides is 1. The van der Waals surface area contributed by atoms with E-state index in [9.17, 15) is 0 Å². The van der Waals surface area contributed by atoms with Gasteiger partial charge in [-0.05, 0) is 35.7 Å². The molecule has 0 N–H and O–H groups in total. The highest BCUT2D eigenvalue weighted by atomic mass is 79.9. The summed E-state index contributed by atoms with van der Waals surface area (Å²) in [6.45, 7) is 5.81. The first-order valence-electron chi connectivity index (χ1n) is 6.97. The van der Waals surface area contributed by atoms with Crippen LogP contribution in [0.15, 0.2) is 0 Å². The van der Waals surface area contributed by atoms with E-state index in [4.69, 9.17) is 0 Å². The van der Waals surface area contributed by atoms with E-state index in [-0.39, 0.29) is 0 Å². The normalized spacial score (nSPS) is 14.1. The van der Waals surface area contributed by atoms with Crippen LogP contribution in [0.1, 0.15) is 65.2 Å². The molecule has 0 heterocycles. The molecule has 98 valence electrons. The highest BCUT2D eigenvalue weighted by molar-refractivity contribution is 9.09. The van der Waals surface area contributed by atoms with Crippen LogP contribution >= 0.6 is 15.9 Å². The summed E-state index contributed by atoms with van der Waals surface area (Å²) in [6.07, 6.45) is 11.3. The van der Waals surface area contributed by atoms with Gasteiger partial charge in [0.25, 0.3) is 0 Å². The second-order valence-electron chi connectivity index (χ2n) is 5.55. The third-order valence-corrected chi connectivity index (χ3v) is 4.66. The van der Waals surface area contributed by atoms with Crippen LogP contribution in [-0.4, -0.2) is 30.1 Å². The minimum atomic E-state index is 0.567. The molecule has 2 heteroatoms. The molecule has 0 rings (SSSR count). The molecular weight excluding hydrogens is 262 g/mol. The summed E-state index contributed by atoms with van der Waals surface area (Å²) in [5.41, 5.74) is 0. The number of hydrogen-bond acceptors (Lipinski definition) is 0. The molecule has 0 aliphatic rings. The molecule has 1 atom stereocenters. The molecule has 1 nitrogen and oxygen atoms in total. The Labute approximate surface area is 111 Å². The predicted octanol–water partition coefficient (Wildman–Crippen LogP) is 4.94. The van der Waals surface area contributed by atoms with E-state index in [1.54, 1.807) is 0 Å². The third kappa shape index (κ3) is 8.58. The first kappa shape index (κ1) is 16.4. The number of nitrogens with zero attached hydrogens (tertiary/aromatic N) is 1. The van der Waals surface area contributed by atoms with Gasteiger partial charge in [-0.2, -0.15) is 0 Å². The van der Waals surface area contributed by atoms with Gasteiger partial charge in [-0.25, -0.2) is 0 Å². The Morgan fingerprint density at radius 1 is 0.875 bits per heavy atom. The second kappa shape index (κ2) is 9.47. The highest BCUT2D eigenvalue weighted by Crippen LogP contribution is 2.15. The molecule has 0 radical (unpaired) electrons. The molecule has 0 aromatic heterocycles. The van der Waals surface area contributed by atoms with E-state index in [0.29, 0.717) is 4.95 Å². The van der Waals surface area contributed by atoms with Crippen molar-refractivity contribution in [1.82, 2.24) is 0 Å². The standard InChI is InChI=1S/C14H31BrN/c1-5-6-7-8-9-10-11-12-13-16(3,4)14(2)15/h14H,5-13H2,1-4H3/q+1. The summed E-state index contributed by atoms with van der Waals surface area (Å²) in [7, 11) is 4.61. The SMILES string of the molecule is CCCCCCCCCC[N+](C)(C)C(C)Br. The maximum Gasteiger partial charge on any atom is 0.141 e. The molecule has 0 aromatic carbocycles. The van der Waals surface area contributed by atoms with Crippen LogP contribution < -0.4 is 0 Å². The Bertz CT molecular complexity index is 155. The van der Waals surface area contributed by atoms with E-state index in [2.05, 4.69) is 43.9 Å². The van der Waals surface area contributed by atoms with Crippen molar-refractivity contribution < 1.29 is 4.48 Å². The van der Waals surface area contributed by atoms with Crippen molar-refractivity contribution >= 4 is 15.9 Å². The Morgan fingerprint density at radius 3 is 1.75 bits per heavy atom. The fourth-order valence-corrected chi connectivity index (χ4v) is 2.04. The third-order valence-electron chi connectivity index (χ3n) is 3.55. The van der Waals surface area contributed by atoms with Crippen LogP contribution in [0.3, 0.4) is 0 Å². The van der Waals surface area contributed by atoms with Gasteiger partial charge < -0.3 is 4.48 Å². The first-order valence-corrected chi connectivity index (χ1v) is 7.89. The number of hydrogen-bond donors (Lipinski definition) is 0. The molecule has 0 saturated heterocycles. The lowest BCUT2D eigenvalue weighted by molar-refractivity contribution is -0.897. The first-order chi connectivity index (χ1) is 7.50. The summed E-state index contributed by atoms with van der Waals surface area (Å²) >= 11 is 3.68. The average molecular weight is 293 g/mol. The van der Waals surface area contributed by atoms with Crippen LogP contribution in [-0.2, 0) is 0 Å². The van der Waals surface area contributed by atoms with Gasteiger partial charge in [0.05, 0.1) is 20.6 Å². The van der Waals surface area contributed by atoms with Crippen LogP contribution in [0.25, 0.3) is 0 Å². The molecule has 0 spiro atoms. The van der Waals surface area contributed by atoms with Crippen molar-refractivity contribution in [3.63, 3.8) is 0 Å². The molecule has 1 unspecified atom stereocenters. The molecule has 0 fully saturated rings. The molecule has 0 saturated carbocycles. The molecule has 0 amide bonds. The number of halogens is 1. The topological polar surface area (TPSA) is 0 Å². The van der Waals surface area contributed by atoms with Crippen molar-refractivity contribution in [3.8, 4) is 0 Å². The zero-order chi connectivity index (χ0) is 12.4. The Kier molecular flexibility index (Phi) is 9.73. The maximum atomic E-state index is 3.68. The lowest BCUT2D eigenvalue weighted by Gasteiger charge is -2.32. The van der Waals surface area contributed by atoms with Crippen LogP contribution in [0.5, 0.6) is 0 Å². The van der Waals surface area contributed by atoms with Crippen molar-refractivity contribution in [1.29, 1.82) is 0 Å². The largest absolute Gasteiger partial charge is 0.317 e. The monoisotopic (exact) mass is 292 g/mol. The lowest BCUT2D eigenvalue weighted by atomic mass is 10.1. The molecule has 0 aromatic rings. The molecule has 0 aliphatic heterocycles. The zero-order valence-electron chi connectivity index (χ0n) is 11.8. The average Bonchev–Trinajstić information content (AvgIpc) is 2.21. The van der Waals surface area contributed by atoms with Crippen molar-refractivity contribution in [2.24, 2.45) is 0 Å². The van der Waals surface area contributed by atoms with Crippen LogP contribution in [0.2, 0.25) is 0 Å². The number of unbranched alkanes of at least 4 members (excludes halogenated alkanes) is 7. The summed E-state index contributed by atoms with van der Waals surface area (Å²) in [5, 5.41) is 0. The minimum absolute atomic E-state index is 0.567. The molecule has 0 bridgehead atoms. The summed E-state index contributed by atoms with van der Waals surface area (Å²) in [4.78, 5) is 0.567. The quantitative estimate of drug-likeness (QED) is 0.231.